The normalized spacial score (nSPS) is 46.2. The second-order valence-corrected chi connectivity index (χ2v) is 12.5. The van der Waals surface area contributed by atoms with E-state index in [2.05, 4.69) is 22.0 Å². The van der Waals surface area contributed by atoms with E-state index in [1.165, 1.54) is 7.11 Å². The molecule has 2 fully saturated rings. The van der Waals surface area contributed by atoms with Crippen molar-refractivity contribution >= 4 is 27.9 Å². The summed E-state index contributed by atoms with van der Waals surface area (Å²) in [6, 6.07) is 0. The highest BCUT2D eigenvalue weighted by atomic mass is 79.9. The van der Waals surface area contributed by atoms with E-state index < -0.39 is 54.2 Å². The van der Waals surface area contributed by atoms with Crippen LogP contribution in [0.15, 0.2) is 46.0 Å². The number of rotatable bonds is 4. The number of carbonyl (C=O) groups excluding carboxylic acids is 2. The van der Waals surface area contributed by atoms with Gasteiger partial charge in [-0.3, -0.25) is 0 Å². The van der Waals surface area contributed by atoms with E-state index in [-0.39, 0.29) is 36.0 Å². The van der Waals surface area contributed by atoms with Gasteiger partial charge in [0.15, 0.2) is 6.10 Å². The number of ether oxygens (including phenoxy) is 4. The Morgan fingerprint density at radius 2 is 2.00 bits per heavy atom. The molecule has 0 unspecified atom stereocenters. The second kappa shape index (κ2) is 10.3. The van der Waals surface area contributed by atoms with Crippen LogP contribution in [-0.4, -0.2) is 71.5 Å². The lowest BCUT2D eigenvalue weighted by atomic mass is 9.57. The molecule has 12 atom stereocenters. The molecule has 1 saturated heterocycles. The minimum Gasteiger partial charge on any atom is -0.457 e. The minimum atomic E-state index is -0.929. The van der Waals surface area contributed by atoms with Crippen molar-refractivity contribution in [2.24, 2.45) is 29.6 Å². The predicted molar refractivity (Wildman–Crippen MR) is 142 cm³/mol. The summed E-state index contributed by atoms with van der Waals surface area (Å²) in [7, 11) is 1.47. The molecule has 0 aromatic carbocycles. The lowest BCUT2D eigenvalue weighted by Crippen LogP contribution is -2.57. The predicted octanol–water partition coefficient (Wildman–Crippen LogP) is 3.37. The van der Waals surface area contributed by atoms with E-state index in [1.807, 2.05) is 39.0 Å². The van der Waals surface area contributed by atoms with Crippen molar-refractivity contribution in [2.75, 3.05) is 7.11 Å². The fraction of sp³-hybridized carbons (Fsp3) is 0.655. The molecule has 0 aromatic heterocycles. The molecule has 4 bridgehead atoms. The number of aliphatic hydroxyl groups excluding tert-OH is 2. The number of methoxy groups -OCH3 is 1. The van der Waals surface area contributed by atoms with Crippen molar-refractivity contribution in [1.29, 1.82) is 0 Å². The van der Waals surface area contributed by atoms with Gasteiger partial charge in [-0.05, 0) is 30.3 Å². The highest BCUT2D eigenvalue weighted by Gasteiger charge is 2.69. The van der Waals surface area contributed by atoms with Crippen LogP contribution in [0.2, 0.25) is 0 Å². The lowest BCUT2D eigenvalue weighted by Gasteiger charge is -2.48. The number of hydrogen-bond acceptors (Lipinski definition) is 8. The van der Waals surface area contributed by atoms with Crippen LogP contribution in [0, 0.1) is 29.6 Å². The number of halogens is 1. The Labute approximate surface area is 231 Å². The number of cyclic esters (lactones) is 1. The molecular formula is C29H37BrO8. The zero-order valence-electron chi connectivity index (χ0n) is 22.4. The topological polar surface area (TPSA) is 112 Å². The SMILES string of the molecule is CO[C@H]1C[C@H]2C=C[C@H]3[C@H]4O[C@]2(/C(C)=C/[C@@H](C)[C@@H]([C@@H](C)O)OC1=O)[C@@H]3[C@H](O)[C@@H](C)[C@H]4OC(=O)C1=CC=C(Br)C1. The summed E-state index contributed by atoms with van der Waals surface area (Å²) in [6.45, 7) is 7.38. The van der Waals surface area contributed by atoms with Gasteiger partial charge in [-0.25, -0.2) is 9.59 Å². The van der Waals surface area contributed by atoms with Crippen LogP contribution in [-0.2, 0) is 28.5 Å². The zero-order chi connectivity index (χ0) is 27.5. The van der Waals surface area contributed by atoms with Crippen LogP contribution in [0.5, 0.6) is 0 Å². The van der Waals surface area contributed by atoms with Crippen LogP contribution in [0.4, 0.5) is 0 Å². The third-order valence-electron chi connectivity index (χ3n) is 9.21. The number of hydrogen-bond donors (Lipinski definition) is 2. The molecule has 0 radical (unpaired) electrons. The van der Waals surface area contributed by atoms with Crippen LogP contribution in [0.1, 0.15) is 40.5 Å². The van der Waals surface area contributed by atoms with Crippen molar-refractivity contribution < 1.29 is 38.7 Å². The first kappa shape index (κ1) is 27.8. The first-order valence-electron chi connectivity index (χ1n) is 13.4. The Hall–Kier alpha value is -1.78. The first-order chi connectivity index (χ1) is 18.0. The molecule has 0 aromatic rings. The van der Waals surface area contributed by atoms with E-state index in [4.69, 9.17) is 18.9 Å². The molecule has 5 rings (SSSR count). The van der Waals surface area contributed by atoms with E-state index in [0.717, 1.165) is 10.1 Å². The summed E-state index contributed by atoms with van der Waals surface area (Å²) < 4.78 is 25.2. The molecule has 1 spiro atoms. The average Bonchev–Trinajstić information content (AvgIpc) is 3.38. The van der Waals surface area contributed by atoms with Crippen LogP contribution in [0.3, 0.4) is 0 Å². The maximum Gasteiger partial charge on any atom is 0.335 e. The van der Waals surface area contributed by atoms with Crippen LogP contribution >= 0.6 is 15.9 Å². The number of allylic oxidation sites excluding steroid dienone is 3. The number of esters is 2. The zero-order valence-corrected chi connectivity index (χ0v) is 24.0. The second-order valence-electron chi connectivity index (χ2n) is 11.5. The molecule has 1 saturated carbocycles. The molecule has 2 aliphatic heterocycles. The Bertz CT molecular complexity index is 1110. The third-order valence-corrected chi connectivity index (χ3v) is 9.75. The third kappa shape index (κ3) is 4.35. The first-order valence-corrected chi connectivity index (χ1v) is 14.2. The van der Waals surface area contributed by atoms with E-state index in [0.29, 0.717) is 12.0 Å². The van der Waals surface area contributed by atoms with Gasteiger partial charge in [0.05, 0.1) is 12.2 Å². The Morgan fingerprint density at radius 3 is 2.63 bits per heavy atom. The Kier molecular flexibility index (Phi) is 7.54. The lowest BCUT2D eigenvalue weighted by molar-refractivity contribution is -0.173. The summed E-state index contributed by atoms with van der Waals surface area (Å²) >= 11 is 3.43. The molecule has 208 valence electrons. The molecule has 2 N–H and O–H groups in total. The van der Waals surface area contributed by atoms with Gasteiger partial charge in [0.1, 0.15) is 23.9 Å². The van der Waals surface area contributed by atoms with Crippen LogP contribution < -0.4 is 0 Å². The molecule has 8 nitrogen and oxygen atoms in total. The van der Waals surface area contributed by atoms with Gasteiger partial charge in [0.25, 0.3) is 0 Å². The standard InChI is InChI=1S/C29H37BrO8/c1-13-10-14(2)29-18(12-21(35-5)28(34)36-24(13)16(4)31)7-9-20-22(29)23(32)15(3)25(26(20)38-29)37-27(33)17-6-8-19(30)11-17/h6-10,13,15-16,18,20-26,31-32H,11-12H2,1-5H3/b14-10+/t13-,15-,16-,18-,20-,21+,22+,23-,24+,25-,26-,29+/m1/s1. The molecule has 38 heavy (non-hydrogen) atoms. The quantitative estimate of drug-likeness (QED) is 0.377. The van der Waals surface area contributed by atoms with Gasteiger partial charge in [0.2, 0.25) is 0 Å². The minimum absolute atomic E-state index is 0.167. The molecule has 9 heteroatoms. The summed E-state index contributed by atoms with van der Waals surface area (Å²) in [4.78, 5) is 26.2. The van der Waals surface area contributed by atoms with Crippen LogP contribution in [0.25, 0.3) is 0 Å². The fourth-order valence-electron chi connectivity index (χ4n) is 7.33. The van der Waals surface area contributed by atoms with Crippen molar-refractivity contribution in [3.8, 4) is 0 Å². The van der Waals surface area contributed by atoms with Gasteiger partial charge in [-0.2, -0.15) is 0 Å². The van der Waals surface area contributed by atoms with Crippen molar-refractivity contribution in [1.82, 2.24) is 0 Å². The highest BCUT2D eigenvalue weighted by molar-refractivity contribution is 9.11. The number of aliphatic hydroxyl groups is 2. The van der Waals surface area contributed by atoms with Gasteiger partial charge in [-0.1, -0.05) is 60.2 Å². The summed E-state index contributed by atoms with van der Waals surface area (Å²) in [5, 5.41) is 22.2. The Balaban J connectivity index is 1.55. The average molecular weight is 594 g/mol. The molecule has 5 aliphatic rings. The van der Waals surface area contributed by atoms with Gasteiger partial charge < -0.3 is 29.2 Å². The monoisotopic (exact) mass is 592 g/mol. The Morgan fingerprint density at radius 1 is 1.26 bits per heavy atom. The largest absolute Gasteiger partial charge is 0.457 e. The van der Waals surface area contributed by atoms with E-state index >= 15 is 0 Å². The van der Waals surface area contributed by atoms with Crippen molar-refractivity contribution in [2.45, 2.75) is 82.8 Å². The molecule has 2 heterocycles. The molecule has 0 amide bonds. The smallest absolute Gasteiger partial charge is 0.335 e. The van der Waals surface area contributed by atoms with Gasteiger partial charge in [0, 0.05) is 48.7 Å². The van der Waals surface area contributed by atoms with Crippen molar-refractivity contribution in [3.05, 3.63) is 46.0 Å². The maximum atomic E-state index is 13.1. The summed E-state index contributed by atoms with van der Waals surface area (Å²) in [5.74, 6) is -2.36. The van der Waals surface area contributed by atoms with Gasteiger partial charge in [-0.15, -0.1) is 0 Å². The summed E-state index contributed by atoms with van der Waals surface area (Å²) in [6.07, 6.45) is 6.01. The highest BCUT2D eigenvalue weighted by Crippen LogP contribution is 2.61. The maximum absolute atomic E-state index is 13.1. The molecule has 3 aliphatic carbocycles. The van der Waals surface area contributed by atoms with Gasteiger partial charge >= 0.3 is 11.9 Å². The van der Waals surface area contributed by atoms with E-state index in [1.54, 1.807) is 13.0 Å². The summed E-state index contributed by atoms with van der Waals surface area (Å²) in [5.41, 5.74) is 0.532. The fourth-order valence-corrected chi connectivity index (χ4v) is 7.76. The van der Waals surface area contributed by atoms with Crippen molar-refractivity contribution in [3.63, 3.8) is 0 Å². The number of carbonyl (C=O) groups is 2. The molecular weight excluding hydrogens is 556 g/mol. The van der Waals surface area contributed by atoms with E-state index in [9.17, 15) is 19.8 Å².